The molecule has 0 radical (unpaired) electrons. The molecule has 6 nitrogen and oxygen atoms in total. The summed E-state index contributed by atoms with van der Waals surface area (Å²) in [6.07, 6.45) is 9.80. The molecule has 0 aromatic carbocycles. The second-order valence-corrected chi connectivity index (χ2v) is 12.7. The molecule has 4 aliphatic carbocycles. The fraction of sp³-hybridized carbons (Fsp3) is 0.897. The summed E-state index contributed by atoms with van der Waals surface area (Å²) >= 11 is 0. The van der Waals surface area contributed by atoms with E-state index < -0.39 is 0 Å². The van der Waals surface area contributed by atoms with Gasteiger partial charge in [0.25, 0.3) is 0 Å². The van der Waals surface area contributed by atoms with E-state index >= 15 is 0 Å². The molecule has 0 aromatic heterocycles. The molecule has 4 rings (SSSR count). The molecule has 3 unspecified atom stereocenters. The van der Waals surface area contributed by atoms with Crippen LogP contribution in [-0.2, 0) is 28.6 Å². The minimum atomic E-state index is -0.199. The van der Waals surface area contributed by atoms with E-state index in [2.05, 4.69) is 20.8 Å². The van der Waals surface area contributed by atoms with Gasteiger partial charge in [0.1, 0.15) is 12.2 Å². The van der Waals surface area contributed by atoms with Crippen molar-refractivity contribution in [1.29, 1.82) is 0 Å². The quantitative estimate of drug-likeness (QED) is 0.351. The van der Waals surface area contributed by atoms with Crippen LogP contribution >= 0.6 is 0 Å². The van der Waals surface area contributed by atoms with Gasteiger partial charge in [0.15, 0.2) is 0 Å². The molecule has 10 atom stereocenters. The van der Waals surface area contributed by atoms with Crippen molar-refractivity contribution in [3.05, 3.63) is 0 Å². The highest BCUT2D eigenvalue weighted by atomic mass is 16.5. The molecule has 4 fully saturated rings. The molecule has 0 aromatic rings. The zero-order valence-electron chi connectivity index (χ0n) is 22.6. The summed E-state index contributed by atoms with van der Waals surface area (Å²) in [5.74, 6) is 2.43. The monoisotopic (exact) mass is 490 g/mol. The van der Waals surface area contributed by atoms with Gasteiger partial charge in [0.2, 0.25) is 0 Å². The highest BCUT2D eigenvalue weighted by molar-refractivity contribution is 5.69. The van der Waals surface area contributed by atoms with Crippen LogP contribution in [0.1, 0.15) is 98.8 Å². The maximum absolute atomic E-state index is 12.2. The molecule has 0 aliphatic heterocycles. The topological polar surface area (TPSA) is 78.9 Å². The standard InChI is InChI=1S/C29H46O6/c1-17(7-10-26(32)33-6)22-8-9-23-27-24(12-14-29(22,23)5)28(4)13-11-21(34-18(2)30)15-20(28)16-25(27)35-19(3)31/h17,20-25,27H,7-16H2,1-6H3/t17-,20+,21-,22-,23?,24?,25-,27?,28+,29-/m1/s1. The summed E-state index contributed by atoms with van der Waals surface area (Å²) in [4.78, 5) is 35.6. The van der Waals surface area contributed by atoms with Crippen molar-refractivity contribution in [2.24, 2.45) is 46.3 Å². The van der Waals surface area contributed by atoms with Gasteiger partial charge in [-0.3, -0.25) is 14.4 Å². The molecule has 0 heterocycles. The van der Waals surface area contributed by atoms with Gasteiger partial charge in [-0.1, -0.05) is 20.8 Å². The number of esters is 3. The van der Waals surface area contributed by atoms with E-state index in [0.717, 1.165) is 32.1 Å². The van der Waals surface area contributed by atoms with Crippen molar-refractivity contribution < 1.29 is 28.6 Å². The van der Waals surface area contributed by atoms with Crippen molar-refractivity contribution in [2.75, 3.05) is 7.11 Å². The first-order valence-electron chi connectivity index (χ1n) is 13.9. The highest BCUT2D eigenvalue weighted by Crippen LogP contribution is 2.68. The Kier molecular flexibility index (Phi) is 7.60. The first-order chi connectivity index (χ1) is 16.5. The molecule has 0 spiro atoms. The number of rotatable bonds is 6. The molecule has 35 heavy (non-hydrogen) atoms. The lowest BCUT2D eigenvalue weighted by Gasteiger charge is -2.62. The third kappa shape index (κ3) is 4.87. The maximum atomic E-state index is 12.2. The Hall–Kier alpha value is -1.59. The number of carbonyl (C=O) groups excluding carboxylic acids is 3. The molecule has 4 aliphatic rings. The molecular weight excluding hydrogens is 444 g/mol. The van der Waals surface area contributed by atoms with Crippen LogP contribution in [0.5, 0.6) is 0 Å². The first kappa shape index (κ1) is 26.5. The Morgan fingerprint density at radius 3 is 2.20 bits per heavy atom. The van der Waals surface area contributed by atoms with Crippen LogP contribution < -0.4 is 0 Å². The Morgan fingerprint density at radius 1 is 0.886 bits per heavy atom. The Bertz CT molecular complexity index is 824. The zero-order valence-corrected chi connectivity index (χ0v) is 22.6. The number of carbonyl (C=O) groups is 3. The molecule has 4 saturated carbocycles. The molecule has 0 N–H and O–H groups in total. The average Bonchev–Trinajstić information content (AvgIpc) is 3.14. The van der Waals surface area contributed by atoms with Gasteiger partial charge < -0.3 is 14.2 Å². The maximum Gasteiger partial charge on any atom is 0.305 e. The third-order valence-corrected chi connectivity index (χ3v) is 11.1. The Labute approximate surface area is 211 Å². The van der Waals surface area contributed by atoms with Crippen molar-refractivity contribution >= 4 is 17.9 Å². The largest absolute Gasteiger partial charge is 0.469 e. The number of hydrogen-bond donors (Lipinski definition) is 0. The van der Waals surface area contributed by atoms with E-state index in [1.54, 1.807) is 6.92 Å². The van der Waals surface area contributed by atoms with Crippen molar-refractivity contribution in [3.8, 4) is 0 Å². The van der Waals surface area contributed by atoms with Crippen LogP contribution in [0.25, 0.3) is 0 Å². The number of ether oxygens (including phenoxy) is 3. The zero-order chi connectivity index (χ0) is 25.5. The molecule has 6 heteroatoms. The minimum Gasteiger partial charge on any atom is -0.469 e. The van der Waals surface area contributed by atoms with Gasteiger partial charge in [-0.15, -0.1) is 0 Å². The predicted molar refractivity (Wildman–Crippen MR) is 132 cm³/mol. The summed E-state index contributed by atoms with van der Waals surface area (Å²) in [7, 11) is 1.47. The van der Waals surface area contributed by atoms with Crippen molar-refractivity contribution in [3.63, 3.8) is 0 Å². The second kappa shape index (κ2) is 10.0. The van der Waals surface area contributed by atoms with Crippen LogP contribution in [0, 0.1) is 46.3 Å². The van der Waals surface area contributed by atoms with Crippen LogP contribution in [0.3, 0.4) is 0 Å². The van der Waals surface area contributed by atoms with Gasteiger partial charge in [-0.2, -0.15) is 0 Å². The lowest BCUT2D eigenvalue weighted by atomic mass is 9.43. The van der Waals surface area contributed by atoms with Crippen LogP contribution in [0.2, 0.25) is 0 Å². The number of fused-ring (bicyclic) bond motifs is 5. The van der Waals surface area contributed by atoms with Gasteiger partial charge in [-0.05, 0) is 98.2 Å². The summed E-state index contributed by atoms with van der Waals surface area (Å²) in [6.45, 7) is 10.3. The van der Waals surface area contributed by atoms with E-state index in [4.69, 9.17) is 14.2 Å². The fourth-order valence-corrected chi connectivity index (χ4v) is 9.46. The lowest BCUT2D eigenvalue weighted by Crippen LogP contribution is -2.59. The van der Waals surface area contributed by atoms with Gasteiger partial charge in [-0.25, -0.2) is 0 Å². The molecule has 0 saturated heterocycles. The van der Waals surface area contributed by atoms with Gasteiger partial charge >= 0.3 is 17.9 Å². The second-order valence-electron chi connectivity index (χ2n) is 12.7. The van der Waals surface area contributed by atoms with E-state index in [0.29, 0.717) is 41.9 Å². The van der Waals surface area contributed by atoms with Crippen LogP contribution in [-0.4, -0.2) is 37.2 Å². The smallest absolute Gasteiger partial charge is 0.305 e. The number of methoxy groups -OCH3 is 1. The normalized spacial score (nSPS) is 43.2. The van der Waals surface area contributed by atoms with Gasteiger partial charge in [0.05, 0.1) is 7.11 Å². The van der Waals surface area contributed by atoms with E-state index in [1.165, 1.54) is 39.7 Å². The third-order valence-electron chi connectivity index (χ3n) is 11.1. The molecular formula is C29H46O6. The Balaban J connectivity index is 1.57. The van der Waals surface area contributed by atoms with E-state index in [9.17, 15) is 14.4 Å². The van der Waals surface area contributed by atoms with E-state index in [1.807, 2.05) is 0 Å². The lowest BCUT2D eigenvalue weighted by molar-refractivity contribution is -0.197. The molecule has 0 amide bonds. The van der Waals surface area contributed by atoms with Crippen molar-refractivity contribution in [1.82, 2.24) is 0 Å². The van der Waals surface area contributed by atoms with Crippen LogP contribution in [0.15, 0.2) is 0 Å². The van der Waals surface area contributed by atoms with E-state index in [-0.39, 0.29) is 40.9 Å². The van der Waals surface area contributed by atoms with Gasteiger partial charge in [0, 0.05) is 26.2 Å². The van der Waals surface area contributed by atoms with Crippen molar-refractivity contribution in [2.45, 2.75) is 111 Å². The minimum absolute atomic E-state index is 0.0134. The fourth-order valence-electron chi connectivity index (χ4n) is 9.46. The highest BCUT2D eigenvalue weighted by Gasteiger charge is 2.63. The predicted octanol–water partition coefficient (Wildman–Crippen LogP) is 5.71. The Morgan fingerprint density at radius 2 is 1.54 bits per heavy atom. The van der Waals surface area contributed by atoms with Crippen LogP contribution in [0.4, 0.5) is 0 Å². The first-order valence-corrected chi connectivity index (χ1v) is 13.9. The summed E-state index contributed by atoms with van der Waals surface area (Å²) in [5.41, 5.74) is 0.418. The summed E-state index contributed by atoms with van der Waals surface area (Å²) < 4.78 is 16.6. The molecule has 198 valence electrons. The SMILES string of the molecule is COC(=O)CC[C@@H](C)[C@H]1CCC2C3C(CC[C@@]21C)[C@@]1(C)CC[C@@H](OC(C)=O)C[C@H]1C[C@H]3OC(C)=O. The average molecular weight is 491 g/mol. The summed E-state index contributed by atoms with van der Waals surface area (Å²) in [6, 6.07) is 0. The summed E-state index contributed by atoms with van der Waals surface area (Å²) in [5, 5.41) is 0. The molecule has 0 bridgehead atoms. The number of hydrogen-bond acceptors (Lipinski definition) is 6.